The Hall–Kier alpha value is -2.22. The van der Waals surface area contributed by atoms with Crippen LogP contribution in [-0.2, 0) is 15.5 Å². The Labute approximate surface area is 146 Å². The number of hydrogen-bond acceptors (Lipinski definition) is 5. The van der Waals surface area contributed by atoms with Crippen molar-refractivity contribution < 1.29 is 14.0 Å². The fraction of sp³-hybridized carbons (Fsp3) is 0.400. The normalized spacial score (nSPS) is 17.0. The van der Waals surface area contributed by atoms with Crippen LogP contribution in [0.15, 0.2) is 23.3 Å². The molecule has 9 nitrogen and oxygen atoms in total. The number of amidine groups is 1. The van der Waals surface area contributed by atoms with E-state index in [1.807, 2.05) is 18.2 Å². The molecule has 1 atom stereocenters. The average molecular weight is 366 g/mol. The lowest BCUT2D eigenvalue weighted by Gasteiger charge is -2.12. The average Bonchev–Trinajstić information content (AvgIpc) is 2.95. The number of nitrogens with two attached hydrogens (primary N) is 1. The van der Waals surface area contributed by atoms with E-state index >= 15 is 0 Å². The van der Waals surface area contributed by atoms with Crippen LogP contribution in [0, 0.1) is 10.8 Å². The summed E-state index contributed by atoms with van der Waals surface area (Å²) >= 11 is 0. The number of hydrazone groups is 1. The van der Waals surface area contributed by atoms with Gasteiger partial charge in [0.25, 0.3) is 0 Å². The van der Waals surface area contributed by atoms with Gasteiger partial charge in [-0.15, -0.1) is 0 Å². The molecule has 0 heterocycles. The third-order valence-electron chi connectivity index (χ3n) is 3.72. The van der Waals surface area contributed by atoms with Gasteiger partial charge < -0.3 is 20.5 Å². The lowest BCUT2D eigenvalue weighted by Crippen LogP contribution is -2.35. The third-order valence-corrected chi connectivity index (χ3v) is 5.17. The summed E-state index contributed by atoms with van der Waals surface area (Å²) in [4.78, 5) is 9.46. The van der Waals surface area contributed by atoms with E-state index in [0.29, 0.717) is 12.0 Å². The molecule has 0 bridgehead atoms. The largest absolute Gasteiger partial charge is 0.384 e. The van der Waals surface area contributed by atoms with Gasteiger partial charge in [0.2, 0.25) is 5.96 Å². The van der Waals surface area contributed by atoms with E-state index in [-0.39, 0.29) is 31.1 Å². The molecule has 0 fully saturated rings. The number of rotatable bonds is 7. The molecule has 10 heteroatoms. The number of guanidine groups is 1. The summed E-state index contributed by atoms with van der Waals surface area (Å²) in [6.07, 6.45) is 1.34. The van der Waals surface area contributed by atoms with Crippen molar-refractivity contribution in [3.8, 4) is 0 Å². The molecule has 1 aliphatic rings. The first kappa shape index (κ1) is 19.1. The molecule has 0 aromatic heterocycles. The number of nitrogens with zero attached hydrogens (tertiary/aromatic N) is 1. The molecule has 1 unspecified atom stereocenters. The van der Waals surface area contributed by atoms with Crippen molar-refractivity contribution in [3.05, 3.63) is 34.9 Å². The highest BCUT2D eigenvalue weighted by molar-refractivity contribution is 7.52. The van der Waals surface area contributed by atoms with Crippen molar-refractivity contribution in [1.29, 1.82) is 10.8 Å². The summed E-state index contributed by atoms with van der Waals surface area (Å²) in [5.41, 5.74) is 11.6. The van der Waals surface area contributed by atoms with Gasteiger partial charge in [-0.3, -0.25) is 15.4 Å². The van der Waals surface area contributed by atoms with Crippen LogP contribution < -0.4 is 16.5 Å². The van der Waals surface area contributed by atoms with E-state index < -0.39 is 7.60 Å². The van der Waals surface area contributed by atoms with Crippen LogP contribution in [0.25, 0.3) is 0 Å². The summed E-state index contributed by atoms with van der Waals surface area (Å²) in [6, 6.07) is 5.55. The first-order chi connectivity index (χ1) is 11.8. The molecule has 25 heavy (non-hydrogen) atoms. The summed E-state index contributed by atoms with van der Waals surface area (Å²) in [5, 5.41) is 22.3. The minimum Gasteiger partial charge on any atom is -0.384 e. The van der Waals surface area contributed by atoms with Gasteiger partial charge in [-0.1, -0.05) is 18.2 Å². The van der Waals surface area contributed by atoms with E-state index in [4.69, 9.17) is 21.1 Å². The molecule has 136 valence electrons. The number of benzene rings is 1. The van der Waals surface area contributed by atoms with Crippen molar-refractivity contribution in [1.82, 2.24) is 10.7 Å². The maximum absolute atomic E-state index is 11.5. The van der Waals surface area contributed by atoms with Gasteiger partial charge in [0.15, 0.2) is 0 Å². The monoisotopic (exact) mass is 366 g/mol. The zero-order chi connectivity index (χ0) is 18.4. The Morgan fingerprint density at radius 3 is 2.88 bits per heavy atom. The zero-order valence-electron chi connectivity index (χ0n) is 14.0. The van der Waals surface area contributed by atoms with Crippen molar-refractivity contribution in [2.24, 2.45) is 10.8 Å². The second-order valence-corrected chi connectivity index (χ2v) is 7.48. The Kier molecular flexibility index (Phi) is 6.30. The molecule has 0 amide bonds. The van der Waals surface area contributed by atoms with Gasteiger partial charge in [0, 0.05) is 17.7 Å². The second kappa shape index (κ2) is 8.24. The topological polar surface area (TPSA) is 157 Å². The molecule has 0 saturated carbocycles. The summed E-state index contributed by atoms with van der Waals surface area (Å²) in [7, 11) is -3.60. The number of nitrogen functional groups attached to an aromatic ring is 1. The molecule has 0 spiro atoms. The highest BCUT2D eigenvalue weighted by atomic mass is 31.2. The Morgan fingerprint density at radius 2 is 2.20 bits per heavy atom. The van der Waals surface area contributed by atoms with Gasteiger partial charge in [-0.25, -0.2) is 5.43 Å². The van der Waals surface area contributed by atoms with Gasteiger partial charge in [-0.2, -0.15) is 5.10 Å². The van der Waals surface area contributed by atoms with E-state index in [9.17, 15) is 9.46 Å². The van der Waals surface area contributed by atoms with E-state index in [2.05, 4.69) is 15.8 Å². The zero-order valence-corrected chi connectivity index (χ0v) is 14.9. The molecule has 7 N–H and O–H groups in total. The molecule has 1 aliphatic carbocycles. The molecular weight excluding hydrogens is 343 g/mol. The second-order valence-electron chi connectivity index (χ2n) is 5.50. The van der Waals surface area contributed by atoms with E-state index in [0.717, 1.165) is 23.3 Å². The highest BCUT2D eigenvalue weighted by Crippen LogP contribution is 2.40. The maximum Gasteiger partial charge on any atom is 0.329 e. The van der Waals surface area contributed by atoms with Crippen LogP contribution in [-0.4, -0.2) is 41.7 Å². The molecule has 0 saturated heterocycles. The first-order valence-electron chi connectivity index (χ1n) is 7.92. The van der Waals surface area contributed by atoms with Crippen molar-refractivity contribution in [2.45, 2.75) is 19.8 Å². The quantitative estimate of drug-likeness (QED) is 0.183. The lowest BCUT2D eigenvalue weighted by atomic mass is 10.0. The highest BCUT2D eigenvalue weighted by Gasteiger charge is 2.22. The predicted molar refractivity (Wildman–Crippen MR) is 97.5 cm³/mol. The van der Waals surface area contributed by atoms with Crippen LogP contribution in [0.2, 0.25) is 0 Å². The van der Waals surface area contributed by atoms with Gasteiger partial charge in [0.05, 0.1) is 18.5 Å². The lowest BCUT2D eigenvalue weighted by molar-refractivity contribution is 0.274. The van der Waals surface area contributed by atoms with E-state index in [1.165, 1.54) is 0 Å². The summed E-state index contributed by atoms with van der Waals surface area (Å²) < 4.78 is 16.3. The van der Waals surface area contributed by atoms with Crippen LogP contribution >= 0.6 is 7.60 Å². The van der Waals surface area contributed by atoms with Crippen LogP contribution in [0.1, 0.15) is 30.0 Å². The number of nitrogens with one attached hydrogen (secondary N) is 4. The third kappa shape index (κ3) is 5.12. The van der Waals surface area contributed by atoms with Crippen LogP contribution in [0.4, 0.5) is 0 Å². The van der Waals surface area contributed by atoms with Crippen molar-refractivity contribution >= 4 is 25.1 Å². The number of fused-ring (bicyclic) bond motifs is 1. The molecule has 0 radical (unpaired) electrons. The fourth-order valence-electron chi connectivity index (χ4n) is 2.62. The Bertz CT molecular complexity index is 749. The SMILES string of the molecule is CCOP(=O)(O)CCNC(=N)N/N=C1\CCc2c(C(=N)N)cccc21. The summed E-state index contributed by atoms with van der Waals surface area (Å²) in [5.74, 6) is -0.0385. The van der Waals surface area contributed by atoms with Crippen LogP contribution in [0.3, 0.4) is 0 Å². The minimum absolute atomic E-state index is 0.0307. The summed E-state index contributed by atoms with van der Waals surface area (Å²) in [6.45, 7) is 1.93. The molecule has 2 rings (SSSR count). The van der Waals surface area contributed by atoms with Gasteiger partial charge in [0.1, 0.15) is 5.84 Å². The molecule has 1 aromatic carbocycles. The van der Waals surface area contributed by atoms with E-state index in [1.54, 1.807) is 6.92 Å². The predicted octanol–water partition coefficient (Wildman–Crippen LogP) is 0.957. The van der Waals surface area contributed by atoms with Crippen molar-refractivity contribution in [3.63, 3.8) is 0 Å². The molecule has 1 aromatic rings. The van der Waals surface area contributed by atoms with Crippen molar-refractivity contribution in [2.75, 3.05) is 19.3 Å². The van der Waals surface area contributed by atoms with Gasteiger partial charge >= 0.3 is 7.60 Å². The fourth-order valence-corrected chi connectivity index (χ4v) is 3.55. The molecule has 0 aliphatic heterocycles. The molecular formula is C15H23N6O3P. The first-order valence-corrected chi connectivity index (χ1v) is 9.68. The smallest absolute Gasteiger partial charge is 0.329 e. The number of hydrogen-bond donors (Lipinski definition) is 6. The van der Waals surface area contributed by atoms with Gasteiger partial charge in [-0.05, 0) is 25.3 Å². The minimum atomic E-state index is -3.60. The standard InChI is InChI=1S/C15H23N6O3P/c1-2-24-25(22,23)9-8-19-15(18)21-20-13-7-6-10-11(13)4-3-5-12(10)14(16)17/h3-5H,2,6-9H2,1H3,(H3,16,17)(H,22,23)(H3,18,19,21)/b20-13+. The maximum atomic E-state index is 11.5. The Morgan fingerprint density at radius 1 is 1.44 bits per heavy atom. The van der Waals surface area contributed by atoms with Crippen LogP contribution in [0.5, 0.6) is 0 Å². The Balaban J connectivity index is 1.92.